The molecule has 3 heterocycles. The maximum absolute atomic E-state index is 12.9. The van der Waals surface area contributed by atoms with Gasteiger partial charge in [-0.05, 0) is 44.9 Å². The maximum Gasteiger partial charge on any atom is 0.254 e. The second kappa shape index (κ2) is 5.70. The monoisotopic (exact) mass is 325 g/mol. The molecule has 1 aliphatic rings. The predicted molar refractivity (Wildman–Crippen MR) is 87.6 cm³/mol. The van der Waals surface area contributed by atoms with Gasteiger partial charge < -0.3 is 4.90 Å². The highest BCUT2D eigenvalue weighted by molar-refractivity contribution is 5.97. The van der Waals surface area contributed by atoms with Crippen LogP contribution < -0.4 is 0 Å². The Morgan fingerprint density at radius 2 is 2.08 bits per heavy atom. The zero-order valence-corrected chi connectivity index (χ0v) is 13.7. The number of carbonyl (C=O) groups is 1. The summed E-state index contributed by atoms with van der Waals surface area (Å²) in [5, 5.41) is 15.1. The van der Waals surface area contributed by atoms with E-state index < -0.39 is 0 Å². The van der Waals surface area contributed by atoms with Crippen LogP contribution in [-0.4, -0.2) is 54.1 Å². The first-order valence-electron chi connectivity index (χ1n) is 8.11. The second-order valence-electron chi connectivity index (χ2n) is 6.23. The summed E-state index contributed by atoms with van der Waals surface area (Å²) in [5.41, 5.74) is 2.11. The lowest BCUT2D eigenvalue weighted by atomic mass is 10.0. The number of hydrogen-bond donors (Lipinski definition) is 1. The minimum absolute atomic E-state index is 0.0269. The Kier molecular flexibility index (Phi) is 3.51. The average Bonchev–Trinajstić information content (AvgIpc) is 3.19. The van der Waals surface area contributed by atoms with Gasteiger partial charge in [0.1, 0.15) is 22.7 Å². The predicted octanol–water partition coefficient (Wildman–Crippen LogP) is 1.64. The van der Waals surface area contributed by atoms with Crippen LogP contribution in [0.3, 0.4) is 0 Å². The fraction of sp³-hybridized carbons (Fsp3) is 0.438. The Morgan fingerprint density at radius 1 is 1.25 bits per heavy atom. The normalized spacial score (nSPS) is 18.2. The number of hydrogen-bond acceptors (Lipinski definition) is 5. The lowest BCUT2D eigenvalue weighted by Gasteiger charge is -2.33. The first-order chi connectivity index (χ1) is 11.6. The molecular weight excluding hydrogens is 306 g/mol. The van der Waals surface area contributed by atoms with E-state index in [1.165, 1.54) is 0 Å². The fourth-order valence-electron chi connectivity index (χ4n) is 3.38. The van der Waals surface area contributed by atoms with Gasteiger partial charge in [-0.3, -0.25) is 4.79 Å². The van der Waals surface area contributed by atoms with E-state index in [9.17, 15) is 4.79 Å². The zero-order chi connectivity index (χ0) is 16.7. The van der Waals surface area contributed by atoms with E-state index in [2.05, 4.69) is 25.5 Å². The van der Waals surface area contributed by atoms with E-state index in [4.69, 9.17) is 0 Å². The van der Waals surface area contributed by atoms with Gasteiger partial charge in [-0.1, -0.05) is 0 Å². The second-order valence-corrected chi connectivity index (χ2v) is 6.23. The fourth-order valence-corrected chi connectivity index (χ4v) is 3.38. The molecule has 8 nitrogen and oxygen atoms in total. The Morgan fingerprint density at radius 3 is 2.88 bits per heavy atom. The Hall–Kier alpha value is -2.77. The molecular formula is C16H19N7O. The van der Waals surface area contributed by atoms with Crippen molar-refractivity contribution in [2.24, 2.45) is 0 Å². The van der Waals surface area contributed by atoms with Gasteiger partial charge in [0, 0.05) is 18.7 Å². The Balaban J connectivity index is 1.56. The summed E-state index contributed by atoms with van der Waals surface area (Å²) >= 11 is 0. The number of fused-ring (bicyclic) bond motifs is 1. The van der Waals surface area contributed by atoms with E-state index in [-0.39, 0.29) is 11.9 Å². The van der Waals surface area contributed by atoms with Gasteiger partial charge in [0.2, 0.25) is 0 Å². The molecule has 1 atom stereocenters. The summed E-state index contributed by atoms with van der Waals surface area (Å²) in [5.74, 6) is 1.70. The lowest BCUT2D eigenvalue weighted by Crippen LogP contribution is -2.41. The van der Waals surface area contributed by atoms with Gasteiger partial charge in [-0.15, -0.1) is 0 Å². The molecule has 24 heavy (non-hydrogen) atoms. The maximum atomic E-state index is 12.9. The molecule has 0 aliphatic carbocycles. The first-order valence-corrected chi connectivity index (χ1v) is 8.11. The summed E-state index contributed by atoms with van der Waals surface area (Å²) < 4.78 is 1.95. The van der Waals surface area contributed by atoms with Crippen molar-refractivity contribution in [1.29, 1.82) is 0 Å². The standard InChI is InChI=1S/C16H19N7O/c1-10-17-11(2)23(20-10)13-4-3-7-22(9-13)16(24)12-5-6-14-15(8-12)19-21-18-14/h5-6,8,13H,3-4,7,9H2,1-2H3,(H,18,19,21). The van der Waals surface area contributed by atoms with Crippen LogP contribution in [0.4, 0.5) is 0 Å². The summed E-state index contributed by atoms with van der Waals surface area (Å²) in [7, 11) is 0. The van der Waals surface area contributed by atoms with E-state index in [1.54, 1.807) is 6.07 Å². The SMILES string of the molecule is Cc1nc(C)n(C2CCCN(C(=O)c3ccc4n[nH]nc4c3)C2)n1. The molecule has 1 saturated heterocycles. The van der Waals surface area contributed by atoms with Crippen LogP contribution in [0, 0.1) is 13.8 Å². The van der Waals surface area contributed by atoms with Gasteiger partial charge in [-0.2, -0.15) is 20.5 Å². The number of aryl methyl sites for hydroxylation is 2. The molecule has 1 fully saturated rings. The van der Waals surface area contributed by atoms with Gasteiger partial charge in [0.05, 0.1) is 6.04 Å². The third-order valence-corrected chi connectivity index (χ3v) is 4.50. The van der Waals surface area contributed by atoms with Crippen molar-refractivity contribution in [2.75, 3.05) is 13.1 Å². The van der Waals surface area contributed by atoms with E-state index in [1.807, 2.05) is 35.6 Å². The number of carbonyl (C=O) groups excluding carboxylic acids is 1. The van der Waals surface area contributed by atoms with Crippen molar-refractivity contribution in [3.63, 3.8) is 0 Å². The molecule has 0 saturated carbocycles. The Bertz CT molecular complexity index is 897. The van der Waals surface area contributed by atoms with Crippen molar-refractivity contribution in [3.05, 3.63) is 35.4 Å². The number of amides is 1. The van der Waals surface area contributed by atoms with Gasteiger partial charge >= 0.3 is 0 Å². The quantitative estimate of drug-likeness (QED) is 0.773. The third kappa shape index (κ3) is 2.53. The highest BCUT2D eigenvalue weighted by Crippen LogP contribution is 2.24. The molecule has 0 spiro atoms. The van der Waals surface area contributed by atoms with Crippen LogP contribution >= 0.6 is 0 Å². The van der Waals surface area contributed by atoms with Gasteiger partial charge in [0.15, 0.2) is 0 Å². The first kappa shape index (κ1) is 14.8. The number of aromatic nitrogens is 6. The van der Waals surface area contributed by atoms with Gasteiger partial charge in [-0.25, -0.2) is 9.67 Å². The molecule has 8 heteroatoms. The number of nitrogens with one attached hydrogen (secondary N) is 1. The largest absolute Gasteiger partial charge is 0.336 e. The summed E-state index contributed by atoms with van der Waals surface area (Å²) in [6.07, 6.45) is 1.97. The van der Waals surface area contributed by atoms with E-state index in [0.29, 0.717) is 17.6 Å². The van der Waals surface area contributed by atoms with E-state index in [0.717, 1.165) is 36.6 Å². The van der Waals surface area contributed by atoms with Crippen LogP contribution in [0.15, 0.2) is 18.2 Å². The van der Waals surface area contributed by atoms with Crippen LogP contribution in [0.25, 0.3) is 11.0 Å². The summed E-state index contributed by atoms with van der Waals surface area (Å²) in [6, 6.07) is 5.59. The van der Waals surface area contributed by atoms with Crippen molar-refractivity contribution >= 4 is 16.9 Å². The molecule has 1 unspecified atom stereocenters. The van der Waals surface area contributed by atoms with Crippen LogP contribution in [0.2, 0.25) is 0 Å². The summed E-state index contributed by atoms with van der Waals surface area (Å²) in [4.78, 5) is 19.1. The van der Waals surface area contributed by atoms with Crippen molar-refractivity contribution in [1.82, 2.24) is 35.1 Å². The number of aromatic amines is 1. The van der Waals surface area contributed by atoms with Crippen LogP contribution in [-0.2, 0) is 0 Å². The molecule has 3 aromatic rings. The number of H-pyrrole nitrogens is 1. The number of piperidine rings is 1. The molecule has 4 rings (SSSR count). The molecule has 2 aromatic heterocycles. The highest BCUT2D eigenvalue weighted by atomic mass is 16.2. The molecule has 1 amide bonds. The molecule has 1 aromatic carbocycles. The lowest BCUT2D eigenvalue weighted by molar-refractivity contribution is 0.0671. The van der Waals surface area contributed by atoms with Crippen LogP contribution in [0.5, 0.6) is 0 Å². The van der Waals surface area contributed by atoms with Crippen molar-refractivity contribution in [3.8, 4) is 0 Å². The van der Waals surface area contributed by atoms with Gasteiger partial charge in [0.25, 0.3) is 5.91 Å². The molecule has 0 radical (unpaired) electrons. The molecule has 1 N–H and O–H groups in total. The molecule has 1 aliphatic heterocycles. The molecule has 124 valence electrons. The van der Waals surface area contributed by atoms with Crippen molar-refractivity contribution in [2.45, 2.75) is 32.7 Å². The van der Waals surface area contributed by atoms with E-state index >= 15 is 0 Å². The topological polar surface area (TPSA) is 92.6 Å². The number of benzene rings is 1. The Labute approximate surface area is 138 Å². The number of rotatable bonds is 2. The smallest absolute Gasteiger partial charge is 0.254 e. The number of nitrogens with zero attached hydrogens (tertiary/aromatic N) is 6. The van der Waals surface area contributed by atoms with Crippen LogP contribution in [0.1, 0.15) is 40.9 Å². The minimum atomic E-state index is 0.0269. The third-order valence-electron chi connectivity index (χ3n) is 4.50. The average molecular weight is 325 g/mol. The zero-order valence-electron chi connectivity index (χ0n) is 13.7. The molecule has 0 bridgehead atoms. The number of likely N-dealkylation sites (tertiary alicyclic amines) is 1. The van der Waals surface area contributed by atoms with Crippen molar-refractivity contribution < 1.29 is 4.79 Å². The highest BCUT2D eigenvalue weighted by Gasteiger charge is 2.27. The summed E-state index contributed by atoms with van der Waals surface area (Å²) in [6.45, 7) is 5.26. The minimum Gasteiger partial charge on any atom is -0.336 e.